The monoisotopic (exact) mass is 427 g/mol. The maximum absolute atomic E-state index is 10.7. The molecular formula is C12H14Cl3N6O2Ti. The van der Waals surface area contributed by atoms with Gasteiger partial charge in [-0.25, -0.2) is 11.7 Å². The molecule has 0 bridgehead atoms. The fraction of sp³-hybridized carbons (Fsp3) is 0. The molecule has 8 nitrogen and oxygen atoms in total. The topological polar surface area (TPSA) is 136 Å². The molecule has 2 aromatic rings. The summed E-state index contributed by atoms with van der Waals surface area (Å²) in [5.41, 5.74) is 5.05. The summed E-state index contributed by atoms with van der Waals surface area (Å²) in [5, 5.41) is 0. The van der Waals surface area contributed by atoms with Crippen LogP contribution < -0.4 is 22.5 Å². The second kappa shape index (κ2) is 14.1. The number of amides is 2. The molecule has 2 rings (SSSR count). The van der Waals surface area contributed by atoms with Crippen LogP contribution in [-0.4, -0.2) is 21.8 Å². The van der Waals surface area contributed by atoms with Gasteiger partial charge in [-0.2, -0.15) is 0 Å². The van der Waals surface area contributed by atoms with Crippen molar-refractivity contribution >= 4 is 39.7 Å². The Morgan fingerprint density at radius 2 is 1.04 bits per heavy atom. The van der Waals surface area contributed by atoms with E-state index in [4.69, 9.17) is 39.6 Å². The Hall–Kier alpha value is -1.26. The molecule has 0 aliphatic carbocycles. The van der Waals surface area contributed by atoms with Crippen LogP contribution in [0.25, 0.3) is 0 Å². The minimum absolute atomic E-state index is 0.303. The van der Waals surface area contributed by atoms with E-state index in [-0.39, 0.29) is 11.8 Å². The Labute approximate surface area is 156 Å². The van der Waals surface area contributed by atoms with Crippen LogP contribution in [0.2, 0.25) is 0 Å². The van der Waals surface area contributed by atoms with Crippen LogP contribution in [0.4, 0.5) is 0 Å². The van der Waals surface area contributed by atoms with Crippen LogP contribution in [-0.2, 0) is 14.7 Å². The SMILES string of the molecule is NNC(=O)c1ccncc1.NNC(=O)c1ccncc1.[Cl][Ti]([Cl])[Cl]. The van der Waals surface area contributed by atoms with Crippen molar-refractivity contribution in [1.29, 1.82) is 0 Å². The van der Waals surface area contributed by atoms with Crippen LogP contribution >= 0.6 is 27.9 Å². The number of nitrogens with two attached hydrogens (primary N) is 2. The number of pyridine rings is 2. The Balaban J connectivity index is 0.000000363. The molecule has 0 saturated carbocycles. The van der Waals surface area contributed by atoms with Crippen LogP contribution in [0.15, 0.2) is 49.1 Å². The van der Waals surface area contributed by atoms with Gasteiger partial charge in [0.05, 0.1) is 0 Å². The third-order valence-corrected chi connectivity index (χ3v) is 2.15. The van der Waals surface area contributed by atoms with Gasteiger partial charge in [-0.1, -0.05) is 0 Å². The van der Waals surface area contributed by atoms with Gasteiger partial charge in [-0.15, -0.1) is 0 Å². The van der Waals surface area contributed by atoms with Gasteiger partial charge in [0.1, 0.15) is 0 Å². The molecule has 0 saturated heterocycles. The maximum atomic E-state index is 10.7. The molecule has 0 aliphatic heterocycles. The number of aromatic nitrogens is 2. The standard InChI is InChI=1S/2C6H7N3O.3ClH.Ti/c2*7-9-6(10)5-1-3-8-4-2-5;;;;/h2*1-4H,7H2,(H,9,10);3*1H;/q;;;;;+3/p-3. The normalized spacial score (nSPS) is 8.54. The number of halogens is 3. The third kappa shape index (κ3) is 11.3. The van der Waals surface area contributed by atoms with Gasteiger partial charge < -0.3 is 0 Å². The van der Waals surface area contributed by atoms with Crippen LogP contribution in [0.1, 0.15) is 20.7 Å². The van der Waals surface area contributed by atoms with Crippen molar-refractivity contribution in [3.8, 4) is 0 Å². The molecule has 12 heteroatoms. The first-order chi connectivity index (χ1) is 11.4. The average Bonchev–Trinajstić information content (AvgIpc) is 2.62. The molecule has 0 unspecified atom stereocenters. The first-order valence-electron chi connectivity index (χ1n) is 6.07. The third-order valence-electron chi connectivity index (χ3n) is 2.15. The number of nitrogen functional groups attached to an aromatic ring is 2. The molecular weight excluding hydrogens is 414 g/mol. The van der Waals surface area contributed by atoms with Gasteiger partial charge in [0.25, 0.3) is 11.8 Å². The predicted octanol–water partition coefficient (Wildman–Crippen LogP) is 1.44. The van der Waals surface area contributed by atoms with Crippen molar-refractivity contribution in [3.63, 3.8) is 0 Å². The van der Waals surface area contributed by atoms with E-state index in [9.17, 15) is 9.59 Å². The van der Waals surface area contributed by atoms with Crippen molar-refractivity contribution in [2.24, 2.45) is 11.7 Å². The Morgan fingerprint density at radius 3 is 1.25 bits per heavy atom. The molecule has 6 N–H and O–H groups in total. The fourth-order valence-corrected chi connectivity index (χ4v) is 1.17. The zero-order valence-corrected chi connectivity index (χ0v) is 15.9. The van der Waals surface area contributed by atoms with Crippen molar-refractivity contribution < 1.29 is 24.3 Å². The summed E-state index contributed by atoms with van der Waals surface area (Å²) in [4.78, 5) is 29.0. The quantitative estimate of drug-likeness (QED) is 0.247. The van der Waals surface area contributed by atoms with Crippen LogP contribution in [0, 0.1) is 0 Å². The first kappa shape index (κ1) is 22.7. The zero-order valence-electron chi connectivity index (χ0n) is 12.1. The number of carbonyl (C=O) groups excluding carboxylic acids is 2. The van der Waals surface area contributed by atoms with E-state index < -0.39 is 14.7 Å². The van der Waals surface area contributed by atoms with Gasteiger partial charge in [0, 0.05) is 35.9 Å². The molecule has 0 aromatic carbocycles. The van der Waals surface area contributed by atoms with E-state index in [2.05, 4.69) is 9.97 Å². The van der Waals surface area contributed by atoms with Crippen molar-refractivity contribution in [1.82, 2.24) is 20.8 Å². The summed E-state index contributed by atoms with van der Waals surface area (Å²) in [6.45, 7) is 0. The summed E-state index contributed by atoms with van der Waals surface area (Å²) in [7, 11) is 14.9. The summed E-state index contributed by atoms with van der Waals surface area (Å²) >= 11 is -1.92. The number of carbonyl (C=O) groups is 2. The first-order valence-corrected chi connectivity index (χ1v) is 12.5. The van der Waals surface area contributed by atoms with Gasteiger partial charge in [-0.05, 0) is 24.3 Å². The van der Waals surface area contributed by atoms with Crippen molar-refractivity contribution in [3.05, 3.63) is 60.2 Å². The molecule has 0 fully saturated rings. The number of nitrogens with one attached hydrogen (secondary N) is 2. The molecule has 2 heterocycles. The number of hydrazine groups is 2. The van der Waals surface area contributed by atoms with Crippen LogP contribution in [0.3, 0.4) is 0 Å². The van der Waals surface area contributed by atoms with E-state index in [1.165, 1.54) is 24.8 Å². The minimum atomic E-state index is -1.92. The molecule has 0 radical (unpaired) electrons. The van der Waals surface area contributed by atoms with Gasteiger partial charge in [0.2, 0.25) is 0 Å². The number of rotatable bonds is 2. The van der Waals surface area contributed by atoms with E-state index in [0.29, 0.717) is 11.1 Å². The molecule has 0 aliphatic rings. The van der Waals surface area contributed by atoms with Crippen molar-refractivity contribution in [2.75, 3.05) is 0 Å². The molecule has 2 amide bonds. The second-order valence-corrected chi connectivity index (χ2v) is 11.4. The van der Waals surface area contributed by atoms with E-state index in [1.54, 1.807) is 24.3 Å². The Kier molecular flexibility index (Phi) is 13.4. The molecule has 24 heavy (non-hydrogen) atoms. The fourth-order valence-electron chi connectivity index (χ4n) is 1.17. The van der Waals surface area contributed by atoms with Crippen molar-refractivity contribution in [2.45, 2.75) is 0 Å². The summed E-state index contributed by atoms with van der Waals surface area (Å²) in [5.74, 6) is 9.16. The Bertz CT molecular complexity index is 552. The van der Waals surface area contributed by atoms with E-state index in [0.717, 1.165) is 0 Å². The number of nitrogens with zero attached hydrogens (tertiary/aromatic N) is 2. The second-order valence-electron chi connectivity index (χ2n) is 3.63. The molecule has 2 aromatic heterocycles. The number of hydrogen-bond donors (Lipinski definition) is 4. The van der Waals surface area contributed by atoms with E-state index in [1.807, 2.05) is 10.9 Å². The molecule has 0 atom stereocenters. The van der Waals surface area contributed by atoms with E-state index >= 15 is 0 Å². The predicted molar refractivity (Wildman–Crippen MR) is 89.3 cm³/mol. The Morgan fingerprint density at radius 1 is 0.792 bits per heavy atom. The summed E-state index contributed by atoms with van der Waals surface area (Å²) in [6, 6.07) is 6.34. The summed E-state index contributed by atoms with van der Waals surface area (Å²) in [6.07, 6.45) is 6.13. The molecule has 0 spiro atoms. The molecule has 129 valence electrons. The summed E-state index contributed by atoms with van der Waals surface area (Å²) < 4.78 is 0. The van der Waals surface area contributed by atoms with Crippen LogP contribution in [0.5, 0.6) is 0 Å². The van der Waals surface area contributed by atoms with Gasteiger partial charge >= 0.3 is 42.6 Å². The van der Waals surface area contributed by atoms with Gasteiger partial charge in [-0.3, -0.25) is 30.4 Å². The van der Waals surface area contributed by atoms with Gasteiger partial charge in [0.15, 0.2) is 0 Å². The number of hydrogen-bond acceptors (Lipinski definition) is 6. The zero-order chi connectivity index (χ0) is 18.4. The average molecular weight is 429 g/mol.